The molecule has 0 saturated carbocycles. The highest BCUT2D eigenvalue weighted by Gasteiger charge is 2.20. The van der Waals surface area contributed by atoms with Crippen LogP contribution in [0.1, 0.15) is 40.0 Å². The summed E-state index contributed by atoms with van der Waals surface area (Å²) in [4.78, 5) is 21.9. The fourth-order valence-corrected chi connectivity index (χ4v) is 0.840. The van der Waals surface area contributed by atoms with E-state index in [9.17, 15) is 9.59 Å². The van der Waals surface area contributed by atoms with Gasteiger partial charge in [-0.1, -0.05) is 20.8 Å². The minimum Gasteiger partial charge on any atom is -0.299 e. The van der Waals surface area contributed by atoms with Crippen LogP contribution in [0.4, 0.5) is 0 Å². The van der Waals surface area contributed by atoms with E-state index in [1.165, 1.54) is 5.48 Å². The summed E-state index contributed by atoms with van der Waals surface area (Å²) in [7, 11) is 0. The van der Waals surface area contributed by atoms with Crippen molar-refractivity contribution in [1.29, 1.82) is 0 Å². The van der Waals surface area contributed by atoms with Crippen molar-refractivity contribution in [2.45, 2.75) is 40.0 Å². The molecule has 0 aromatic carbocycles. The zero-order valence-electron chi connectivity index (χ0n) is 8.39. The maximum atomic E-state index is 11.3. The predicted molar refractivity (Wildman–Crippen MR) is 48.2 cm³/mol. The predicted octanol–water partition coefficient (Wildman–Crippen LogP) is 1.28. The molecule has 0 aromatic heterocycles. The number of hydroxylamine groups is 1. The van der Waals surface area contributed by atoms with Crippen molar-refractivity contribution in [3.63, 3.8) is 0 Å². The third-order valence-corrected chi connectivity index (χ3v) is 1.77. The van der Waals surface area contributed by atoms with Crippen LogP contribution in [0.5, 0.6) is 0 Å². The highest BCUT2D eigenvalue weighted by atomic mass is 16.5. The average Bonchev–Trinajstić information content (AvgIpc) is 2.02. The van der Waals surface area contributed by atoms with E-state index in [1.54, 1.807) is 0 Å². The molecule has 4 heteroatoms. The SMILES string of the molecule is CC(C)(C)C(=O)CCCC(=O)NO. The van der Waals surface area contributed by atoms with Gasteiger partial charge in [-0.05, 0) is 6.42 Å². The summed E-state index contributed by atoms with van der Waals surface area (Å²) in [6, 6.07) is 0. The molecule has 76 valence electrons. The van der Waals surface area contributed by atoms with Crippen molar-refractivity contribution in [3.8, 4) is 0 Å². The summed E-state index contributed by atoms with van der Waals surface area (Å²) in [5, 5.41) is 8.18. The Hall–Kier alpha value is -0.900. The quantitative estimate of drug-likeness (QED) is 0.514. The third kappa shape index (κ3) is 5.36. The molecule has 0 saturated heterocycles. The minimum absolute atomic E-state index is 0.137. The number of rotatable bonds is 4. The van der Waals surface area contributed by atoms with E-state index in [0.29, 0.717) is 12.8 Å². The summed E-state index contributed by atoms with van der Waals surface area (Å²) in [6.45, 7) is 5.55. The lowest BCUT2D eigenvalue weighted by molar-refractivity contribution is -0.129. The second kappa shape index (κ2) is 4.97. The molecule has 0 fully saturated rings. The second-order valence-corrected chi connectivity index (χ2v) is 4.06. The van der Waals surface area contributed by atoms with E-state index < -0.39 is 5.91 Å². The second-order valence-electron chi connectivity index (χ2n) is 4.06. The molecule has 13 heavy (non-hydrogen) atoms. The van der Waals surface area contributed by atoms with E-state index in [-0.39, 0.29) is 17.6 Å². The molecule has 0 bridgehead atoms. The van der Waals surface area contributed by atoms with Gasteiger partial charge in [0.2, 0.25) is 5.91 Å². The summed E-state index contributed by atoms with van der Waals surface area (Å²) < 4.78 is 0. The summed E-state index contributed by atoms with van der Waals surface area (Å²) >= 11 is 0. The van der Waals surface area contributed by atoms with Crippen LogP contribution in [-0.2, 0) is 9.59 Å². The van der Waals surface area contributed by atoms with Crippen LogP contribution >= 0.6 is 0 Å². The Balaban J connectivity index is 3.67. The molecule has 0 aliphatic heterocycles. The number of amides is 1. The molecule has 0 aromatic rings. The highest BCUT2D eigenvalue weighted by molar-refractivity contribution is 5.84. The van der Waals surface area contributed by atoms with Gasteiger partial charge in [-0.3, -0.25) is 14.8 Å². The topological polar surface area (TPSA) is 66.4 Å². The van der Waals surface area contributed by atoms with E-state index in [0.717, 1.165) is 0 Å². The van der Waals surface area contributed by atoms with Gasteiger partial charge in [0, 0.05) is 18.3 Å². The van der Waals surface area contributed by atoms with Crippen molar-refractivity contribution in [2.24, 2.45) is 5.41 Å². The molecule has 0 unspecified atom stereocenters. The molecule has 0 radical (unpaired) electrons. The van der Waals surface area contributed by atoms with E-state index >= 15 is 0 Å². The molecule has 4 nitrogen and oxygen atoms in total. The van der Waals surface area contributed by atoms with Crippen molar-refractivity contribution in [1.82, 2.24) is 5.48 Å². The first-order valence-electron chi connectivity index (χ1n) is 4.34. The van der Waals surface area contributed by atoms with Crippen molar-refractivity contribution in [2.75, 3.05) is 0 Å². The molecular weight excluding hydrogens is 170 g/mol. The van der Waals surface area contributed by atoms with Crippen LogP contribution in [-0.4, -0.2) is 16.9 Å². The Labute approximate surface area is 78.3 Å². The Kier molecular flexibility index (Phi) is 4.62. The lowest BCUT2D eigenvalue weighted by Crippen LogP contribution is -2.22. The number of carbonyl (C=O) groups excluding carboxylic acids is 2. The molecule has 0 aliphatic carbocycles. The van der Waals surface area contributed by atoms with Crippen molar-refractivity contribution < 1.29 is 14.8 Å². The lowest BCUT2D eigenvalue weighted by Gasteiger charge is -2.15. The van der Waals surface area contributed by atoms with Gasteiger partial charge in [-0.15, -0.1) is 0 Å². The van der Waals surface area contributed by atoms with Crippen LogP contribution in [0.15, 0.2) is 0 Å². The highest BCUT2D eigenvalue weighted by Crippen LogP contribution is 2.17. The number of nitrogens with one attached hydrogen (secondary N) is 1. The summed E-state index contributed by atoms with van der Waals surface area (Å²) in [5.74, 6) is -0.306. The summed E-state index contributed by atoms with van der Waals surface area (Å²) in [5.41, 5.74) is 1.19. The fourth-order valence-electron chi connectivity index (χ4n) is 0.840. The van der Waals surface area contributed by atoms with E-state index in [1.807, 2.05) is 20.8 Å². The fraction of sp³-hybridized carbons (Fsp3) is 0.778. The minimum atomic E-state index is -0.443. The Bertz CT molecular complexity index is 194. The Morgan fingerprint density at radius 3 is 2.15 bits per heavy atom. The van der Waals surface area contributed by atoms with Crippen LogP contribution < -0.4 is 5.48 Å². The first-order chi connectivity index (χ1) is 5.88. The van der Waals surface area contributed by atoms with Gasteiger partial charge in [0.05, 0.1) is 0 Å². The number of carbonyl (C=O) groups is 2. The van der Waals surface area contributed by atoms with Gasteiger partial charge < -0.3 is 0 Å². The van der Waals surface area contributed by atoms with Gasteiger partial charge in [0.25, 0.3) is 0 Å². The summed E-state index contributed by atoms with van der Waals surface area (Å²) in [6.07, 6.45) is 1.07. The molecule has 0 aliphatic rings. The van der Waals surface area contributed by atoms with E-state index in [2.05, 4.69) is 0 Å². The molecule has 0 heterocycles. The van der Waals surface area contributed by atoms with Gasteiger partial charge >= 0.3 is 0 Å². The van der Waals surface area contributed by atoms with Crippen LogP contribution in [0.2, 0.25) is 0 Å². The van der Waals surface area contributed by atoms with Gasteiger partial charge in [-0.2, -0.15) is 0 Å². The largest absolute Gasteiger partial charge is 0.299 e. The Morgan fingerprint density at radius 2 is 1.77 bits per heavy atom. The normalized spacial score (nSPS) is 11.1. The lowest BCUT2D eigenvalue weighted by atomic mass is 9.88. The first kappa shape index (κ1) is 12.1. The Morgan fingerprint density at radius 1 is 1.23 bits per heavy atom. The smallest absolute Gasteiger partial charge is 0.243 e. The van der Waals surface area contributed by atoms with E-state index in [4.69, 9.17) is 5.21 Å². The first-order valence-corrected chi connectivity index (χ1v) is 4.34. The number of hydrogen-bond donors (Lipinski definition) is 2. The third-order valence-electron chi connectivity index (χ3n) is 1.77. The molecular formula is C9H17NO3. The van der Waals surface area contributed by atoms with Gasteiger partial charge in [0.15, 0.2) is 0 Å². The molecule has 1 amide bonds. The maximum Gasteiger partial charge on any atom is 0.243 e. The van der Waals surface area contributed by atoms with Crippen molar-refractivity contribution >= 4 is 11.7 Å². The standard InChI is InChI=1S/C9H17NO3/c1-9(2,3)7(11)5-4-6-8(12)10-13/h13H,4-6H2,1-3H3,(H,10,12). The van der Waals surface area contributed by atoms with Gasteiger partial charge in [-0.25, -0.2) is 5.48 Å². The molecule has 2 N–H and O–H groups in total. The van der Waals surface area contributed by atoms with Crippen LogP contribution in [0.25, 0.3) is 0 Å². The maximum absolute atomic E-state index is 11.3. The average molecular weight is 187 g/mol. The van der Waals surface area contributed by atoms with Crippen molar-refractivity contribution in [3.05, 3.63) is 0 Å². The zero-order chi connectivity index (χ0) is 10.5. The molecule has 0 spiro atoms. The monoisotopic (exact) mass is 187 g/mol. The zero-order valence-corrected chi connectivity index (χ0v) is 8.39. The van der Waals surface area contributed by atoms with Crippen LogP contribution in [0, 0.1) is 5.41 Å². The number of ketones is 1. The molecule has 0 atom stereocenters. The number of Topliss-reactive ketones (excluding diaryl/α,β-unsaturated/α-hetero) is 1. The van der Waals surface area contributed by atoms with Crippen LogP contribution in [0.3, 0.4) is 0 Å². The number of hydrogen-bond acceptors (Lipinski definition) is 3. The molecule has 0 rings (SSSR count). The van der Waals surface area contributed by atoms with Gasteiger partial charge in [0.1, 0.15) is 5.78 Å².